The van der Waals surface area contributed by atoms with E-state index in [9.17, 15) is 0 Å². The highest BCUT2D eigenvalue weighted by Crippen LogP contribution is 2.23. The molecular weight excluding hydrogens is 352 g/mol. The standard InChI is InChI=1S/C17H28N6S2/c1-17(2,3)13-11-24-14(22-13)7-8-19-15(18-4)20-9-12-10-25-16(21-12)23(5)6/h10-11H,7-9H2,1-6H3,(H2,18,19,20). The maximum absolute atomic E-state index is 4.72. The van der Waals surface area contributed by atoms with E-state index in [0.29, 0.717) is 6.54 Å². The van der Waals surface area contributed by atoms with E-state index in [1.165, 1.54) is 0 Å². The molecule has 0 spiro atoms. The summed E-state index contributed by atoms with van der Waals surface area (Å²) in [7, 11) is 5.78. The SMILES string of the molecule is CN=C(NCCc1nc(C(C)(C)C)cs1)NCc1csc(N(C)C)n1. The normalized spacial score (nSPS) is 12.3. The summed E-state index contributed by atoms with van der Waals surface area (Å²) in [6.45, 7) is 8.04. The van der Waals surface area contributed by atoms with Crippen LogP contribution in [0.4, 0.5) is 5.13 Å². The molecule has 0 radical (unpaired) electrons. The van der Waals surface area contributed by atoms with E-state index in [4.69, 9.17) is 4.98 Å². The predicted molar refractivity (Wildman–Crippen MR) is 109 cm³/mol. The van der Waals surface area contributed by atoms with Gasteiger partial charge in [0.15, 0.2) is 11.1 Å². The van der Waals surface area contributed by atoms with Crippen molar-refractivity contribution in [1.29, 1.82) is 0 Å². The van der Waals surface area contributed by atoms with Gasteiger partial charge in [-0.05, 0) is 0 Å². The second-order valence-corrected chi connectivity index (χ2v) is 8.77. The Kier molecular flexibility index (Phi) is 6.78. The molecule has 0 aliphatic heterocycles. The average molecular weight is 381 g/mol. The van der Waals surface area contributed by atoms with E-state index in [0.717, 1.165) is 40.5 Å². The van der Waals surface area contributed by atoms with E-state index in [1.807, 2.05) is 19.0 Å². The molecule has 25 heavy (non-hydrogen) atoms. The van der Waals surface area contributed by atoms with Crippen molar-refractivity contribution in [2.75, 3.05) is 32.6 Å². The summed E-state index contributed by atoms with van der Waals surface area (Å²) in [5.74, 6) is 0.784. The number of nitrogens with one attached hydrogen (secondary N) is 2. The van der Waals surface area contributed by atoms with E-state index < -0.39 is 0 Å². The van der Waals surface area contributed by atoms with Crippen LogP contribution in [0, 0.1) is 0 Å². The molecule has 6 nitrogen and oxygen atoms in total. The third-order valence-electron chi connectivity index (χ3n) is 3.53. The fraction of sp³-hybridized carbons (Fsp3) is 0.588. The lowest BCUT2D eigenvalue weighted by atomic mass is 9.93. The molecule has 2 aromatic heterocycles. The highest BCUT2D eigenvalue weighted by Gasteiger charge is 2.17. The highest BCUT2D eigenvalue weighted by molar-refractivity contribution is 7.13. The molecule has 0 saturated heterocycles. The van der Waals surface area contributed by atoms with Crippen molar-refractivity contribution >= 4 is 33.8 Å². The number of guanidine groups is 1. The van der Waals surface area contributed by atoms with Crippen molar-refractivity contribution in [3.63, 3.8) is 0 Å². The molecule has 0 aromatic carbocycles. The number of rotatable bonds is 6. The summed E-state index contributed by atoms with van der Waals surface area (Å²) in [4.78, 5) is 15.6. The third kappa shape index (κ3) is 5.97. The summed E-state index contributed by atoms with van der Waals surface area (Å²) in [6, 6.07) is 0. The number of thiazole rings is 2. The van der Waals surface area contributed by atoms with Gasteiger partial charge < -0.3 is 15.5 Å². The number of hydrogen-bond acceptors (Lipinski definition) is 6. The number of nitrogens with zero attached hydrogens (tertiary/aromatic N) is 4. The van der Waals surface area contributed by atoms with Gasteiger partial charge in [-0.3, -0.25) is 4.99 Å². The van der Waals surface area contributed by atoms with Crippen molar-refractivity contribution in [1.82, 2.24) is 20.6 Å². The topological polar surface area (TPSA) is 65.4 Å². The Morgan fingerprint density at radius 2 is 1.92 bits per heavy atom. The molecule has 0 amide bonds. The first kappa shape index (κ1) is 19.7. The fourth-order valence-electron chi connectivity index (χ4n) is 2.04. The van der Waals surface area contributed by atoms with Crippen LogP contribution in [0.3, 0.4) is 0 Å². The van der Waals surface area contributed by atoms with Gasteiger partial charge in [0.05, 0.1) is 22.9 Å². The Morgan fingerprint density at radius 3 is 2.48 bits per heavy atom. The first-order valence-electron chi connectivity index (χ1n) is 8.30. The zero-order chi connectivity index (χ0) is 18.4. The van der Waals surface area contributed by atoms with Gasteiger partial charge in [-0.25, -0.2) is 9.97 Å². The van der Waals surface area contributed by atoms with Crippen LogP contribution in [0.25, 0.3) is 0 Å². The minimum absolute atomic E-state index is 0.110. The second-order valence-electron chi connectivity index (χ2n) is 6.99. The lowest BCUT2D eigenvalue weighted by molar-refractivity contribution is 0.570. The lowest BCUT2D eigenvalue weighted by Crippen LogP contribution is -2.37. The summed E-state index contributed by atoms with van der Waals surface area (Å²) < 4.78 is 0. The molecule has 0 saturated carbocycles. The van der Waals surface area contributed by atoms with Gasteiger partial charge in [-0.1, -0.05) is 20.8 Å². The van der Waals surface area contributed by atoms with Crippen LogP contribution >= 0.6 is 22.7 Å². The maximum atomic E-state index is 4.72. The molecule has 0 aliphatic rings. The van der Waals surface area contributed by atoms with Gasteiger partial charge in [0.25, 0.3) is 0 Å². The molecule has 0 aliphatic carbocycles. The molecule has 0 bridgehead atoms. The number of hydrogen-bond donors (Lipinski definition) is 2. The molecule has 2 heterocycles. The summed E-state index contributed by atoms with van der Waals surface area (Å²) in [5, 5.41) is 13.0. The Balaban J connectivity index is 1.77. The van der Waals surface area contributed by atoms with Crippen LogP contribution in [0.15, 0.2) is 15.8 Å². The summed E-state index contributed by atoms with van der Waals surface area (Å²) in [6.07, 6.45) is 0.892. The van der Waals surface area contributed by atoms with Crippen molar-refractivity contribution < 1.29 is 0 Å². The van der Waals surface area contributed by atoms with Gasteiger partial charge in [-0.2, -0.15) is 0 Å². The van der Waals surface area contributed by atoms with Crippen molar-refractivity contribution in [3.8, 4) is 0 Å². The smallest absolute Gasteiger partial charge is 0.191 e. The maximum Gasteiger partial charge on any atom is 0.191 e. The molecule has 2 aromatic rings. The molecule has 8 heteroatoms. The molecule has 2 rings (SSSR count). The second kappa shape index (κ2) is 8.62. The van der Waals surface area contributed by atoms with Gasteiger partial charge in [0, 0.05) is 50.3 Å². The van der Waals surface area contributed by atoms with Gasteiger partial charge in [-0.15, -0.1) is 22.7 Å². The Hall–Kier alpha value is -1.67. The Morgan fingerprint density at radius 1 is 1.16 bits per heavy atom. The van der Waals surface area contributed by atoms with Crippen LogP contribution in [-0.4, -0.2) is 43.6 Å². The van der Waals surface area contributed by atoms with Crippen molar-refractivity contribution in [2.45, 2.75) is 39.2 Å². The molecule has 138 valence electrons. The van der Waals surface area contributed by atoms with Gasteiger partial charge >= 0.3 is 0 Å². The van der Waals surface area contributed by atoms with Crippen molar-refractivity contribution in [2.24, 2.45) is 4.99 Å². The van der Waals surface area contributed by atoms with E-state index >= 15 is 0 Å². The van der Waals surface area contributed by atoms with Crippen LogP contribution in [0.2, 0.25) is 0 Å². The Labute approximate surface area is 158 Å². The molecule has 0 atom stereocenters. The first-order chi connectivity index (χ1) is 11.8. The quantitative estimate of drug-likeness (QED) is 0.596. The highest BCUT2D eigenvalue weighted by atomic mass is 32.1. The lowest BCUT2D eigenvalue weighted by Gasteiger charge is -2.14. The van der Waals surface area contributed by atoms with Crippen LogP contribution in [0.1, 0.15) is 37.2 Å². The minimum atomic E-state index is 0.110. The van der Waals surface area contributed by atoms with E-state index in [1.54, 1.807) is 29.7 Å². The molecule has 0 fully saturated rings. The minimum Gasteiger partial charge on any atom is -0.356 e. The zero-order valence-corrected chi connectivity index (χ0v) is 17.5. The van der Waals surface area contributed by atoms with E-state index in [-0.39, 0.29) is 5.41 Å². The average Bonchev–Trinajstić information content (AvgIpc) is 3.19. The number of aromatic nitrogens is 2. The summed E-state index contributed by atoms with van der Waals surface area (Å²) >= 11 is 3.37. The van der Waals surface area contributed by atoms with Crippen molar-refractivity contribution in [3.05, 3.63) is 27.2 Å². The van der Waals surface area contributed by atoms with Gasteiger partial charge in [0.2, 0.25) is 0 Å². The van der Waals surface area contributed by atoms with Gasteiger partial charge in [0.1, 0.15) is 0 Å². The predicted octanol–water partition coefficient (Wildman–Crippen LogP) is 2.87. The largest absolute Gasteiger partial charge is 0.356 e. The van der Waals surface area contributed by atoms with Crippen LogP contribution in [0.5, 0.6) is 0 Å². The third-order valence-corrected chi connectivity index (χ3v) is 5.50. The molecular formula is C17H28N6S2. The van der Waals surface area contributed by atoms with E-state index in [2.05, 4.69) is 52.1 Å². The summed E-state index contributed by atoms with van der Waals surface area (Å²) in [5.41, 5.74) is 2.29. The molecule has 0 unspecified atom stereocenters. The molecule has 2 N–H and O–H groups in total. The first-order valence-corrected chi connectivity index (χ1v) is 10.1. The fourth-order valence-corrected chi connectivity index (χ4v) is 3.82. The Bertz CT molecular complexity index is 696. The number of aliphatic imine (C=N–C) groups is 1. The van der Waals surface area contributed by atoms with Crippen LogP contribution < -0.4 is 15.5 Å². The monoisotopic (exact) mass is 380 g/mol. The zero-order valence-electron chi connectivity index (χ0n) is 15.9. The number of anilines is 1. The van der Waals surface area contributed by atoms with Crippen LogP contribution in [-0.2, 0) is 18.4 Å².